The van der Waals surface area contributed by atoms with Crippen LogP contribution in [-0.2, 0) is 23.6 Å². The number of hydrogen-bond acceptors (Lipinski definition) is 8. The van der Waals surface area contributed by atoms with E-state index in [4.69, 9.17) is 9.47 Å². The monoisotopic (exact) mass is 689 g/mol. The molecule has 3 heterocycles. The molecule has 9 nitrogen and oxygen atoms in total. The lowest BCUT2D eigenvalue weighted by Crippen LogP contribution is -2.65. The van der Waals surface area contributed by atoms with Crippen molar-refractivity contribution in [1.29, 1.82) is 0 Å². The van der Waals surface area contributed by atoms with E-state index in [0.717, 1.165) is 66.4 Å². The summed E-state index contributed by atoms with van der Waals surface area (Å²) in [7, 11) is 0. The molecule has 272 valence electrons. The Labute approximate surface area is 297 Å². The number of nitrogens with one attached hydrogen (secondary N) is 1. The fourth-order valence-electron chi connectivity index (χ4n) is 8.70. The van der Waals surface area contributed by atoms with Crippen LogP contribution in [0.5, 0.6) is 11.5 Å². The van der Waals surface area contributed by atoms with E-state index in [2.05, 4.69) is 17.4 Å². The standard InChI is InChI=1S/C41H56N2O7/c1-29(42-24-38(47)32-12-14-37(46)33(23-32)26-44)31-13-15-39(34(22-31)27-45)49-21-7-18-43-19-16-30(17-20-43)40(25-43)50-28-41(48,36-10-5-6-11-36)35-8-3-2-4-9-35/h2-4,8-9,12-15,22-23,29-30,36,38,40,42,44-45,47-48H,5-7,10-11,16-21,24-28H2,1H3/p+1/t29?,30?,38-,40-,41+,43?/m0/s1. The summed E-state index contributed by atoms with van der Waals surface area (Å²) in [5.41, 5.74) is 2.75. The van der Waals surface area contributed by atoms with Gasteiger partial charge in [0.15, 0.2) is 0 Å². The zero-order chi connectivity index (χ0) is 35.1. The van der Waals surface area contributed by atoms with Gasteiger partial charge in [-0.05, 0) is 66.6 Å². The molecule has 0 amide bonds. The van der Waals surface area contributed by atoms with Gasteiger partial charge in [0, 0.05) is 48.9 Å². The van der Waals surface area contributed by atoms with Gasteiger partial charge in [-0.1, -0.05) is 55.3 Å². The van der Waals surface area contributed by atoms with Gasteiger partial charge < -0.3 is 44.8 Å². The third kappa shape index (κ3) is 8.37. The minimum absolute atomic E-state index is 0.00507. The average Bonchev–Trinajstić information content (AvgIpc) is 3.72. The lowest BCUT2D eigenvalue weighted by Gasteiger charge is -2.53. The van der Waals surface area contributed by atoms with Crippen molar-refractivity contribution in [3.63, 3.8) is 0 Å². The summed E-state index contributed by atoms with van der Waals surface area (Å²) in [6.45, 7) is 7.14. The zero-order valence-corrected chi connectivity index (χ0v) is 29.6. The number of hydrogen-bond donors (Lipinski definition) is 6. The molecule has 3 aromatic carbocycles. The number of benzene rings is 3. The Morgan fingerprint density at radius 3 is 2.32 bits per heavy atom. The van der Waals surface area contributed by atoms with E-state index < -0.39 is 11.7 Å². The second kappa shape index (κ2) is 16.5. The summed E-state index contributed by atoms with van der Waals surface area (Å²) in [6.07, 6.45) is 7.05. The SMILES string of the molecule is CC(NC[C@H](O)c1ccc(O)c(CO)c1)c1ccc(OCCC[N+]23CCC(CC2)[C@@H](OC[C@@](O)(c2ccccc2)C2CCCC2)C3)c(CO)c1. The Morgan fingerprint density at radius 2 is 1.60 bits per heavy atom. The second-order valence-electron chi connectivity index (χ2n) is 15.1. The smallest absolute Gasteiger partial charge is 0.124 e. The third-order valence-electron chi connectivity index (χ3n) is 11.9. The molecule has 7 rings (SSSR count). The number of ether oxygens (including phenoxy) is 2. The van der Waals surface area contributed by atoms with Gasteiger partial charge in [-0.3, -0.25) is 0 Å². The molecule has 9 heteroatoms. The molecule has 4 fully saturated rings. The number of aromatic hydroxyl groups is 1. The van der Waals surface area contributed by atoms with E-state index in [-0.39, 0.29) is 43.6 Å². The first-order valence-corrected chi connectivity index (χ1v) is 18.7. The number of quaternary nitrogens is 1. The van der Waals surface area contributed by atoms with Crippen LogP contribution < -0.4 is 10.1 Å². The highest BCUT2D eigenvalue weighted by Crippen LogP contribution is 2.43. The number of rotatable bonds is 17. The van der Waals surface area contributed by atoms with Gasteiger partial charge in [-0.25, -0.2) is 0 Å². The van der Waals surface area contributed by atoms with Crippen molar-refractivity contribution in [2.24, 2.45) is 11.8 Å². The summed E-state index contributed by atoms with van der Waals surface area (Å²) in [4.78, 5) is 0. The van der Waals surface area contributed by atoms with Crippen LogP contribution in [0.1, 0.15) is 91.8 Å². The van der Waals surface area contributed by atoms with Crippen LogP contribution in [0.25, 0.3) is 0 Å². The number of aliphatic hydroxyl groups is 4. The maximum Gasteiger partial charge on any atom is 0.124 e. The van der Waals surface area contributed by atoms with E-state index in [1.54, 1.807) is 12.1 Å². The van der Waals surface area contributed by atoms with Crippen LogP contribution in [0.15, 0.2) is 66.7 Å². The molecule has 2 bridgehead atoms. The van der Waals surface area contributed by atoms with Gasteiger partial charge in [0.05, 0.1) is 52.2 Å². The fraction of sp³-hybridized carbons (Fsp3) is 0.561. The first-order valence-electron chi connectivity index (χ1n) is 18.7. The molecule has 3 saturated heterocycles. The summed E-state index contributed by atoms with van der Waals surface area (Å²) in [5.74, 6) is 1.50. The predicted octanol–water partition coefficient (Wildman–Crippen LogP) is 5.23. The molecule has 1 saturated carbocycles. The Hall–Kier alpha value is -3.02. The Kier molecular flexibility index (Phi) is 12.2. The van der Waals surface area contributed by atoms with Gasteiger partial charge in [0.25, 0.3) is 0 Å². The van der Waals surface area contributed by atoms with Crippen LogP contribution in [0.2, 0.25) is 0 Å². The van der Waals surface area contributed by atoms with Crippen LogP contribution in [0.4, 0.5) is 0 Å². The largest absolute Gasteiger partial charge is 0.508 e. The molecule has 0 aromatic heterocycles. The van der Waals surface area contributed by atoms with Gasteiger partial charge in [-0.2, -0.15) is 0 Å². The minimum Gasteiger partial charge on any atom is -0.508 e. The Balaban J connectivity index is 0.990. The lowest BCUT2D eigenvalue weighted by molar-refractivity contribution is -0.946. The molecule has 1 aliphatic carbocycles. The summed E-state index contributed by atoms with van der Waals surface area (Å²) in [6, 6.07) is 20.7. The van der Waals surface area contributed by atoms with Gasteiger partial charge in [0.2, 0.25) is 0 Å². The van der Waals surface area contributed by atoms with Crippen molar-refractivity contribution in [3.8, 4) is 11.5 Å². The van der Waals surface area contributed by atoms with E-state index in [1.165, 1.54) is 32.0 Å². The number of phenols is 1. The molecular weight excluding hydrogens is 632 g/mol. The van der Waals surface area contributed by atoms with Crippen molar-refractivity contribution in [2.45, 2.75) is 88.9 Å². The number of nitrogens with zero attached hydrogens (tertiary/aromatic N) is 1. The molecule has 4 atom stereocenters. The molecular formula is C41H57N2O7+. The number of fused-ring (bicyclic) bond motifs is 3. The molecule has 6 N–H and O–H groups in total. The number of piperidine rings is 3. The lowest BCUT2D eigenvalue weighted by atomic mass is 9.80. The molecule has 0 radical (unpaired) electrons. The van der Waals surface area contributed by atoms with Crippen molar-refractivity contribution >= 4 is 0 Å². The van der Waals surface area contributed by atoms with Crippen molar-refractivity contribution < 1.29 is 39.5 Å². The van der Waals surface area contributed by atoms with Gasteiger partial charge in [0.1, 0.15) is 29.7 Å². The summed E-state index contributed by atoms with van der Waals surface area (Å²) in [5, 5.41) is 55.5. The molecule has 3 aliphatic heterocycles. The Bertz CT molecular complexity index is 1520. The molecule has 0 spiro atoms. The predicted molar refractivity (Wildman–Crippen MR) is 192 cm³/mol. The first-order chi connectivity index (χ1) is 24.2. The van der Waals surface area contributed by atoms with Crippen LogP contribution in [0.3, 0.4) is 0 Å². The molecule has 3 aromatic rings. The van der Waals surface area contributed by atoms with E-state index in [0.29, 0.717) is 36.0 Å². The first kappa shape index (κ1) is 36.8. The van der Waals surface area contributed by atoms with Crippen molar-refractivity contribution in [2.75, 3.05) is 45.9 Å². The van der Waals surface area contributed by atoms with Gasteiger partial charge in [-0.15, -0.1) is 0 Å². The number of aliphatic hydroxyl groups excluding tert-OH is 3. The van der Waals surface area contributed by atoms with Crippen molar-refractivity contribution in [3.05, 3.63) is 94.5 Å². The van der Waals surface area contributed by atoms with Crippen molar-refractivity contribution in [1.82, 2.24) is 5.32 Å². The fourth-order valence-corrected chi connectivity index (χ4v) is 8.70. The van der Waals surface area contributed by atoms with E-state index in [9.17, 15) is 25.5 Å². The van der Waals surface area contributed by atoms with Crippen LogP contribution in [0, 0.1) is 11.8 Å². The molecule has 50 heavy (non-hydrogen) atoms. The normalized spacial score (nSPS) is 24.6. The maximum absolute atomic E-state index is 12.0. The highest BCUT2D eigenvalue weighted by atomic mass is 16.5. The molecule has 1 unspecified atom stereocenters. The topological polar surface area (TPSA) is 132 Å². The van der Waals surface area contributed by atoms with E-state index in [1.807, 2.05) is 43.3 Å². The minimum atomic E-state index is -0.934. The van der Waals surface area contributed by atoms with Crippen LogP contribution in [-0.4, -0.2) is 82.1 Å². The highest BCUT2D eigenvalue weighted by Gasteiger charge is 2.48. The third-order valence-corrected chi connectivity index (χ3v) is 11.9. The molecule has 4 aliphatic rings. The summed E-state index contributed by atoms with van der Waals surface area (Å²) < 4.78 is 14.0. The average molecular weight is 690 g/mol. The Morgan fingerprint density at radius 1 is 0.900 bits per heavy atom. The highest BCUT2D eigenvalue weighted by molar-refractivity contribution is 5.39. The van der Waals surface area contributed by atoms with Crippen LogP contribution >= 0.6 is 0 Å². The quantitative estimate of drug-likeness (QED) is 0.0839. The summed E-state index contributed by atoms with van der Waals surface area (Å²) >= 11 is 0. The maximum atomic E-state index is 12.0. The zero-order valence-electron chi connectivity index (χ0n) is 29.6. The van der Waals surface area contributed by atoms with E-state index >= 15 is 0 Å². The second-order valence-corrected chi connectivity index (χ2v) is 15.1. The van der Waals surface area contributed by atoms with Gasteiger partial charge >= 0.3 is 0 Å².